The first-order chi connectivity index (χ1) is 11.0. The number of anilines is 1. The Kier molecular flexibility index (Phi) is 4.10. The van der Waals surface area contributed by atoms with Gasteiger partial charge in [0, 0.05) is 11.6 Å². The number of carboxylic acids is 1. The topological polar surface area (TPSA) is 66.4 Å². The van der Waals surface area contributed by atoms with Crippen molar-refractivity contribution in [2.45, 2.75) is 19.3 Å². The lowest BCUT2D eigenvalue weighted by molar-refractivity contribution is -0.117. The average Bonchev–Trinajstić information content (AvgIpc) is 3.34. The highest BCUT2D eigenvalue weighted by Gasteiger charge is 2.29. The zero-order valence-electron chi connectivity index (χ0n) is 12.4. The van der Waals surface area contributed by atoms with Gasteiger partial charge in [-0.05, 0) is 60.7 Å². The summed E-state index contributed by atoms with van der Waals surface area (Å²) in [6, 6.07) is 10.8. The number of amides is 1. The fourth-order valence-corrected chi connectivity index (χ4v) is 2.42. The van der Waals surface area contributed by atoms with Gasteiger partial charge in [-0.15, -0.1) is 0 Å². The molecule has 0 radical (unpaired) electrons. The van der Waals surface area contributed by atoms with Crippen molar-refractivity contribution >= 4 is 17.6 Å². The highest BCUT2D eigenvalue weighted by Crippen LogP contribution is 2.30. The standard InChI is InChI=1S/C18H16FNO3/c19-15-5-1-11(2-6-15)7-12-8-14(18(22)23)10-16(9-12)20-17(21)13-3-4-13/h1-2,5-6,8-10,13H,3-4,7H2,(H,20,21)(H,22,23). The van der Waals surface area contributed by atoms with E-state index in [2.05, 4.69) is 5.32 Å². The summed E-state index contributed by atoms with van der Waals surface area (Å²) in [6.07, 6.45) is 2.23. The number of hydrogen-bond donors (Lipinski definition) is 2. The largest absolute Gasteiger partial charge is 0.478 e. The maximum absolute atomic E-state index is 13.0. The smallest absolute Gasteiger partial charge is 0.335 e. The number of halogens is 1. The third-order valence-corrected chi connectivity index (χ3v) is 3.78. The Balaban J connectivity index is 1.85. The van der Waals surface area contributed by atoms with Crippen molar-refractivity contribution in [2.24, 2.45) is 5.92 Å². The number of carbonyl (C=O) groups excluding carboxylic acids is 1. The van der Waals surface area contributed by atoms with E-state index in [1.807, 2.05) is 0 Å². The van der Waals surface area contributed by atoms with Crippen molar-refractivity contribution in [1.29, 1.82) is 0 Å². The molecular weight excluding hydrogens is 297 g/mol. The number of rotatable bonds is 5. The molecule has 4 nitrogen and oxygen atoms in total. The van der Waals surface area contributed by atoms with Crippen LogP contribution in [0.25, 0.3) is 0 Å². The van der Waals surface area contributed by atoms with Crippen LogP contribution in [0.5, 0.6) is 0 Å². The van der Waals surface area contributed by atoms with Crippen molar-refractivity contribution in [1.82, 2.24) is 0 Å². The van der Waals surface area contributed by atoms with Crippen LogP contribution in [0, 0.1) is 11.7 Å². The Labute approximate surface area is 133 Å². The van der Waals surface area contributed by atoms with Crippen LogP contribution in [0.4, 0.5) is 10.1 Å². The summed E-state index contributed by atoms with van der Waals surface area (Å²) >= 11 is 0. The first kappa shape index (κ1) is 15.2. The van der Waals surface area contributed by atoms with E-state index in [4.69, 9.17) is 0 Å². The van der Waals surface area contributed by atoms with Crippen LogP contribution in [-0.4, -0.2) is 17.0 Å². The molecule has 2 aromatic rings. The SMILES string of the molecule is O=C(O)c1cc(Cc2ccc(F)cc2)cc(NC(=O)C2CC2)c1. The van der Waals surface area contributed by atoms with Crippen LogP contribution in [0.15, 0.2) is 42.5 Å². The number of benzene rings is 2. The Morgan fingerprint density at radius 2 is 1.78 bits per heavy atom. The minimum absolute atomic E-state index is 0.0454. The quantitative estimate of drug-likeness (QED) is 0.888. The van der Waals surface area contributed by atoms with Gasteiger partial charge < -0.3 is 10.4 Å². The first-order valence-electron chi connectivity index (χ1n) is 7.44. The Morgan fingerprint density at radius 3 is 2.39 bits per heavy atom. The van der Waals surface area contributed by atoms with E-state index in [0.29, 0.717) is 12.1 Å². The highest BCUT2D eigenvalue weighted by atomic mass is 19.1. The molecular formula is C18H16FNO3. The molecule has 2 aromatic carbocycles. The van der Waals surface area contributed by atoms with Crippen LogP contribution in [-0.2, 0) is 11.2 Å². The van der Waals surface area contributed by atoms with Crippen molar-refractivity contribution < 1.29 is 19.1 Å². The molecule has 118 valence electrons. The molecule has 2 N–H and O–H groups in total. The monoisotopic (exact) mass is 313 g/mol. The molecule has 5 heteroatoms. The van der Waals surface area contributed by atoms with E-state index in [0.717, 1.165) is 24.0 Å². The molecule has 1 aliphatic rings. The Hall–Kier alpha value is -2.69. The molecule has 1 saturated carbocycles. The second-order valence-corrected chi connectivity index (χ2v) is 5.79. The zero-order chi connectivity index (χ0) is 16.4. The summed E-state index contributed by atoms with van der Waals surface area (Å²) in [5, 5.41) is 12.0. The Morgan fingerprint density at radius 1 is 1.09 bits per heavy atom. The van der Waals surface area contributed by atoms with E-state index in [1.165, 1.54) is 18.2 Å². The number of nitrogens with one attached hydrogen (secondary N) is 1. The zero-order valence-corrected chi connectivity index (χ0v) is 12.4. The van der Waals surface area contributed by atoms with Crippen LogP contribution in [0.3, 0.4) is 0 Å². The molecule has 0 saturated heterocycles. The Bertz CT molecular complexity index is 751. The van der Waals surface area contributed by atoms with Crippen molar-refractivity contribution in [3.63, 3.8) is 0 Å². The van der Waals surface area contributed by atoms with E-state index in [-0.39, 0.29) is 23.2 Å². The van der Waals surface area contributed by atoms with Gasteiger partial charge >= 0.3 is 5.97 Å². The maximum Gasteiger partial charge on any atom is 0.335 e. The van der Waals surface area contributed by atoms with Crippen LogP contribution in [0.1, 0.15) is 34.3 Å². The van der Waals surface area contributed by atoms with Crippen LogP contribution in [0.2, 0.25) is 0 Å². The highest BCUT2D eigenvalue weighted by molar-refractivity contribution is 5.96. The third-order valence-electron chi connectivity index (χ3n) is 3.78. The minimum atomic E-state index is -1.05. The lowest BCUT2D eigenvalue weighted by Gasteiger charge is -2.09. The molecule has 0 unspecified atom stereocenters. The second-order valence-electron chi connectivity index (χ2n) is 5.79. The average molecular weight is 313 g/mol. The number of carboxylic acid groups (broad SMARTS) is 1. The molecule has 3 rings (SSSR count). The molecule has 0 heterocycles. The fourth-order valence-electron chi connectivity index (χ4n) is 2.42. The van der Waals surface area contributed by atoms with E-state index in [9.17, 15) is 19.1 Å². The molecule has 0 atom stereocenters. The van der Waals surface area contributed by atoms with Gasteiger partial charge in [0.15, 0.2) is 0 Å². The molecule has 1 fully saturated rings. The van der Waals surface area contributed by atoms with Gasteiger partial charge in [-0.3, -0.25) is 4.79 Å². The van der Waals surface area contributed by atoms with Gasteiger partial charge in [-0.25, -0.2) is 9.18 Å². The van der Waals surface area contributed by atoms with Crippen LogP contribution >= 0.6 is 0 Å². The molecule has 1 amide bonds. The van der Waals surface area contributed by atoms with Crippen LogP contribution < -0.4 is 5.32 Å². The summed E-state index contributed by atoms with van der Waals surface area (Å²) in [7, 11) is 0. The molecule has 0 bridgehead atoms. The minimum Gasteiger partial charge on any atom is -0.478 e. The van der Waals surface area contributed by atoms with Gasteiger partial charge in [0.2, 0.25) is 5.91 Å². The van der Waals surface area contributed by atoms with E-state index in [1.54, 1.807) is 24.3 Å². The van der Waals surface area contributed by atoms with Crippen molar-refractivity contribution in [2.75, 3.05) is 5.32 Å². The molecule has 23 heavy (non-hydrogen) atoms. The van der Waals surface area contributed by atoms with Gasteiger partial charge in [0.05, 0.1) is 5.56 Å². The lowest BCUT2D eigenvalue weighted by atomic mass is 10.0. The van der Waals surface area contributed by atoms with E-state index < -0.39 is 5.97 Å². The summed E-state index contributed by atoms with van der Waals surface area (Å²) < 4.78 is 13.0. The summed E-state index contributed by atoms with van der Waals surface area (Å²) in [5.74, 6) is -1.39. The normalized spacial score (nSPS) is 13.6. The van der Waals surface area contributed by atoms with E-state index >= 15 is 0 Å². The lowest BCUT2D eigenvalue weighted by Crippen LogP contribution is -2.14. The first-order valence-corrected chi connectivity index (χ1v) is 7.44. The predicted molar refractivity (Wildman–Crippen MR) is 84.0 cm³/mol. The van der Waals surface area contributed by atoms with Gasteiger partial charge in [0.1, 0.15) is 5.82 Å². The summed E-state index contributed by atoms with van der Waals surface area (Å²) in [5.41, 5.74) is 2.23. The van der Waals surface area contributed by atoms with Gasteiger partial charge in [-0.2, -0.15) is 0 Å². The maximum atomic E-state index is 13.0. The van der Waals surface area contributed by atoms with Gasteiger partial charge in [-0.1, -0.05) is 12.1 Å². The van der Waals surface area contributed by atoms with Crippen molar-refractivity contribution in [3.05, 3.63) is 65.0 Å². The molecule has 0 aliphatic heterocycles. The molecule has 0 aromatic heterocycles. The number of carbonyl (C=O) groups is 2. The molecule has 0 spiro atoms. The second kappa shape index (κ2) is 6.20. The third kappa shape index (κ3) is 3.94. The van der Waals surface area contributed by atoms with Gasteiger partial charge in [0.25, 0.3) is 0 Å². The summed E-state index contributed by atoms with van der Waals surface area (Å²) in [6.45, 7) is 0. The fraction of sp³-hybridized carbons (Fsp3) is 0.222. The van der Waals surface area contributed by atoms with Crippen molar-refractivity contribution in [3.8, 4) is 0 Å². The summed E-state index contributed by atoms with van der Waals surface area (Å²) in [4.78, 5) is 23.1. The predicted octanol–water partition coefficient (Wildman–Crippen LogP) is 3.46. The number of hydrogen-bond acceptors (Lipinski definition) is 2. The molecule has 1 aliphatic carbocycles. The number of aromatic carboxylic acids is 1.